The Labute approximate surface area is 117 Å². The first kappa shape index (κ1) is 14.2. The molecule has 0 bridgehead atoms. The van der Waals surface area contributed by atoms with Crippen molar-refractivity contribution < 1.29 is 18.0 Å². The van der Waals surface area contributed by atoms with Gasteiger partial charge in [0, 0.05) is 11.5 Å². The van der Waals surface area contributed by atoms with Crippen LogP contribution in [-0.4, -0.2) is 30.2 Å². The van der Waals surface area contributed by atoms with E-state index < -0.39 is 15.7 Å². The fourth-order valence-corrected chi connectivity index (χ4v) is 3.19. The van der Waals surface area contributed by atoms with Crippen molar-refractivity contribution in [2.24, 2.45) is 5.92 Å². The van der Waals surface area contributed by atoms with E-state index in [4.69, 9.17) is 11.6 Å². The summed E-state index contributed by atoms with van der Waals surface area (Å²) in [7, 11) is -2.47. The number of hydrogen-bond donors (Lipinski definition) is 0. The average Bonchev–Trinajstić information content (AvgIpc) is 3.11. The lowest BCUT2D eigenvalue weighted by atomic mass is 9.93. The summed E-state index contributed by atoms with van der Waals surface area (Å²) in [6.07, 6.45) is 4.54. The van der Waals surface area contributed by atoms with Crippen molar-refractivity contribution in [3.8, 4) is 0 Å². The Morgan fingerprint density at radius 1 is 1.32 bits per heavy atom. The highest BCUT2D eigenvalue weighted by Crippen LogP contribution is 2.32. The van der Waals surface area contributed by atoms with E-state index in [2.05, 4.69) is 0 Å². The molecule has 2 rings (SSSR count). The summed E-state index contributed by atoms with van der Waals surface area (Å²) in [6.45, 7) is 1.62. The maximum absolute atomic E-state index is 12.0. The van der Waals surface area contributed by atoms with E-state index in [1.54, 1.807) is 13.0 Å². The van der Waals surface area contributed by atoms with Gasteiger partial charge in [-0.05, 0) is 25.3 Å². The molecule has 0 aromatic carbocycles. The van der Waals surface area contributed by atoms with E-state index in [0.29, 0.717) is 5.57 Å². The Morgan fingerprint density at radius 2 is 1.95 bits per heavy atom. The molecule has 0 aromatic heterocycles. The fraction of sp³-hybridized carbons (Fsp3) is 0.462. The molecule has 1 saturated carbocycles. The molecule has 0 radical (unpaired) electrons. The van der Waals surface area contributed by atoms with Crippen LogP contribution in [-0.2, 0) is 19.9 Å². The van der Waals surface area contributed by atoms with Gasteiger partial charge in [0.15, 0.2) is 5.78 Å². The van der Waals surface area contributed by atoms with Crippen LogP contribution in [0.1, 0.15) is 26.2 Å². The number of halogens is 1. The predicted octanol–water partition coefficient (Wildman–Crippen LogP) is 1.47. The van der Waals surface area contributed by atoms with Crippen molar-refractivity contribution in [2.45, 2.75) is 31.6 Å². The van der Waals surface area contributed by atoms with Gasteiger partial charge in [-0.15, -0.1) is 11.6 Å². The molecule has 0 N–H and O–H groups in total. The zero-order valence-electron chi connectivity index (χ0n) is 10.3. The minimum absolute atomic E-state index is 0.00591. The molecule has 19 heavy (non-hydrogen) atoms. The molecule has 6 heteroatoms. The lowest BCUT2D eigenvalue weighted by molar-refractivity contribution is -0.125. The molecule has 0 heterocycles. The Morgan fingerprint density at radius 3 is 2.47 bits per heavy atom. The van der Waals surface area contributed by atoms with E-state index in [9.17, 15) is 18.0 Å². The molecule has 2 aliphatic rings. The Balaban J connectivity index is 2.22. The van der Waals surface area contributed by atoms with Gasteiger partial charge < -0.3 is 0 Å². The van der Waals surface area contributed by atoms with Crippen molar-refractivity contribution in [3.63, 3.8) is 0 Å². The highest BCUT2D eigenvalue weighted by molar-refractivity contribution is 7.73. The van der Waals surface area contributed by atoms with Crippen molar-refractivity contribution >= 4 is 38.3 Å². The zero-order valence-corrected chi connectivity index (χ0v) is 11.9. The molecule has 4 nitrogen and oxygen atoms in total. The standard InChI is InChI=1S/C13H13ClO4S/c1-7-2-5-9(12(14)13(7)19(17)18)11(16)6-10(15)8-3-4-8/h2,5,8,12H,3-4,6H2,1H3. The van der Waals surface area contributed by atoms with Crippen molar-refractivity contribution in [1.29, 1.82) is 0 Å². The van der Waals surface area contributed by atoms with Crippen molar-refractivity contribution in [3.05, 3.63) is 23.3 Å². The number of Topliss-reactive ketones (excluding diaryl/α,β-unsaturated/α-hetero) is 2. The number of rotatable bonds is 4. The first-order valence-corrected chi connectivity index (χ1v) is 7.48. The summed E-state index contributed by atoms with van der Waals surface area (Å²) in [5.41, 5.74) is 0.693. The molecule has 0 aliphatic heterocycles. The number of alkyl halides is 1. The Hall–Kier alpha value is -1.20. The highest BCUT2D eigenvalue weighted by Gasteiger charge is 2.34. The third-order valence-corrected chi connectivity index (χ3v) is 4.77. The second kappa shape index (κ2) is 5.43. The van der Waals surface area contributed by atoms with Gasteiger partial charge in [-0.3, -0.25) is 9.59 Å². The topological polar surface area (TPSA) is 68.3 Å². The average molecular weight is 301 g/mol. The van der Waals surface area contributed by atoms with E-state index >= 15 is 0 Å². The molecular formula is C13H13ClO4S. The first-order chi connectivity index (χ1) is 8.91. The molecule has 0 spiro atoms. The fourth-order valence-electron chi connectivity index (χ4n) is 1.98. The van der Waals surface area contributed by atoms with Crippen LogP contribution in [0.3, 0.4) is 0 Å². The normalized spacial score (nSPS) is 22.6. The van der Waals surface area contributed by atoms with Gasteiger partial charge in [0.05, 0.1) is 11.3 Å². The predicted molar refractivity (Wildman–Crippen MR) is 72.8 cm³/mol. The molecule has 0 amide bonds. The van der Waals surface area contributed by atoms with Crippen LogP contribution in [0.4, 0.5) is 0 Å². The molecule has 0 saturated heterocycles. The number of carbonyl (C=O) groups is 2. The second-order valence-electron chi connectivity index (χ2n) is 4.77. The van der Waals surface area contributed by atoms with Gasteiger partial charge in [0.1, 0.15) is 11.2 Å². The number of allylic oxidation sites excluding steroid dienone is 4. The van der Waals surface area contributed by atoms with Gasteiger partial charge in [-0.25, -0.2) is 0 Å². The summed E-state index contributed by atoms with van der Waals surface area (Å²) < 4.78 is 22.2. The zero-order chi connectivity index (χ0) is 14.2. The largest absolute Gasteiger partial charge is 0.299 e. The van der Waals surface area contributed by atoms with Gasteiger partial charge in [0.2, 0.25) is 10.3 Å². The van der Waals surface area contributed by atoms with Gasteiger partial charge in [-0.2, -0.15) is 8.42 Å². The lowest BCUT2D eigenvalue weighted by Crippen LogP contribution is -2.27. The first-order valence-electron chi connectivity index (χ1n) is 5.96. The monoisotopic (exact) mass is 300 g/mol. The molecule has 102 valence electrons. The van der Waals surface area contributed by atoms with Gasteiger partial charge in [0.25, 0.3) is 0 Å². The second-order valence-corrected chi connectivity index (χ2v) is 6.12. The summed E-state index contributed by atoms with van der Waals surface area (Å²) in [4.78, 5) is 23.6. The molecule has 1 unspecified atom stereocenters. The van der Waals surface area contributed by atoms with Crippen LogP contribution in [0, 0.1) is 5.92 Å². The Bertz CT molecular complexity index is 628. The third-order valence-electron chi connectivity index (χ3n) is 3.27. The van der Waals surface area contributed by atoms with Crippen LogP contribution < -0.4 is 0 Å². The molecule has 2 aliphatic carbocycles. The molecule has 1 fully saturated rings. The van der Waals surface area contributed by atoms with Crippen LogP contribution in [0.2, 0.25) is 0 Å². The molecule has 0 aromatic rings. The number of carbonyl (C=O) groups excluding carboxylic acids is 2. The number of hydrogen-bond acceptors (Lipinski definition) is 4. The third kappa shape index (κ3) is 3.04. The molecular weight excluding hydrogens is 288 g/mol. The van der Waals surface area contributed by atoms with Gasteiger partial charge in [-0.1, -0.05) is 12.2 Å². The smallest absolute Gasteiger partial charge is 0.219 e. The highest BCUT2D eigenvalue weighted by atomic mass is 35.5. The summed E-state index contributed by atoms with van der Waals surface area (Å²) in [5, 5.41) is -0.997. The van der Waals surface area contributed by atoms with Crippen LogP contribution in [0.5, 0.6) is 0 Å². The number of ketones is 2. The minimum atomic E-state index is -2.47. The van der Waals surface area contributed by atoms with Crippen LogP contribution in [0.25, 0.3) is 0 Å². The van der Waals surface area contributed by atoms with E-state index in [-0.39, 0.29) is 34.3 Å². The van der Waals surface area contributed by atoms with Crippen LogP contribution >= 0.6 is 11.6 Å². The maximum atomic E-state index is 12.0. The lowest BCUT2D eigenvalue weighted by Gasteiger charge is -2.17. The van der Waals surface area contributed by atoms with Crippen molar-refractivity contribution in [1.82, 2.24) is 0 Å². The van der Waals surface area contributed by atoms with E-state index in [1.807, 2.05) is 0 Å². The SMILES string of the molecule is CC1=CC=C(C(=O)CC(=O)C2CC2)C(Cl)C1=S(=O)=O. The van der Waals surface area contributed by atoms with E-state index in [0.717, 1.165) is 12.8 Å². The summed E-state index contributed by atoms with van der Waals surface area (Å²) >= 11 is 6.04. The summed E-state index contributed by atoms with van der Waals surface area (Å²) in [5.74, 6) is -0.453. The summed E-state index contributed by atoms with van der Waals surface area (Å²) in [6, 6.07) is 0. The van der Waals surface area contributed by atoms with E-state index in [1.165, 1.54) is 6.08 Å². The van der Waals surface area contributed by atoms with Crippen LogP contribution in [0.15, 0.2) is 23.3 Å². The molecule has 1 atom stereocenters. The maximum Gasteiger partial charge on any atom is 0.219 e. The van der Waals surface area contributed by atoms with Crippen molar-refractivity contribution in [2.75, 3.05) is 0 Å². The van der Waals surface area contributed by atoms with Gasteiger partial charge >= 0.3 is 0 Å². The quantitative estimate of drug-likeness (QED) is 0.448. The minimum Gasteiger partial charge on any atom is -0.299 e. The Kier molecular flexibility index (Phi) is 4.06.